The lowest BCUT2D eigenvalue weighted by molar-refractivity contribution is 1.19. The van der Waals surface area contributed by atoms with E-state index in [4.69, 9.17) is 0 Å². The van der Waals surface area contributed by atoms with Gasteiger partial charge in [0.1, 0.15) is 0 Å². The van der Waals surface area contributed by atoms with Crippen LogP contribution >= 0.6 is 7.92 Å². The van der Waals surface area contributed by atoms with E-state index in [1.807, 2.05) is 0 Å². The lowest BCUT2D eigenvalue weighted by atomic mass is 9.95. The summed E-state index contributed by atoms with van der Waals surface area (Å²) in [5, 5.41) is 3.33. The number of allylic oxidation sites excluding steroid dienone is 2. The Morgan fingerprint density at radius 1 is 0.900 bits per heavy atom. The zero-order valence-corrected chi connectivity index (χ0v) is 13.0. The normalized spacial score (nSPS) is 20.2. The van der Waals surface area contributed by atoms with Crippen molar-refractivity contribution in [1.82, 2.24) is 0 Å². The van der Waals surface area contributed by atoms with Gasteiger partial charge in [0.2, 0.25) is 0 Å². The standard InChI is InChI=1S/C19H19P/c1-13-8-9-14(2)19-16-10-11-20(18(16)12-17(13)19)15-6-4-3-5-7-15/h3-9H,10-12H2,1-2H3. The summed E-state index contributed by atoms with van der Waals surface area (Å²) in [7, 11) is -0.0721. The van der Waals surface area contributed by atoms with Gasteiger partial charge in [-0.15, -0.1) is 0 Å². The zero-order valence-electron chi connectivity index (χ0n) is 12.1. The van der Waals surface area contributed by atoms with E-state index >= 15 is 0 Å². The van der Waals surface area contributed by atoms with Crippen molar-refractivity contribution in [3.05, 3.63) is 70.0 Å². The highest BCUT2D eigenvalue weighted by Crippen LogP contribution is 2.60. The molecular weight excluding hydrogens is 259 g/mol. The highest BCUT2D eigenvalue weighted by atomic mass is 31.1. The highest BCUT2D eigenvalue weighted by molar-refractivity contribution is 7.70. The summed E-state index contributed by atoms with van der Waals surface area (Å²) in [4.78, 5) is 0. The summed E-state index contributed by atoms with van der Waals surface area (Å²) in [5.41, 5.74) is 7.85. The van der Waals surface area contributed by atoms with Crippen LogP contribution < -0.4 is 5.30 Å². The van der Waals surface area contributed by atoms with E-state index in [9.17, 15) is 0 Å². The van der Waals surface area contributed by atoms with E-state index in [2.05, 4.69) is 56.3 Å². The van der Waals surface area contributed by atoms with Crippen molar-refractivity contribution in [1.29, 1.82) is 0 Å². The van der Waals surface area contributed by atoms with Gasteiger partial charge in [0.15, 0.2) is 0 Å². The fourth-order valence-corrected chi connectivity index (χ4v) is 6.43. The molecule has 100 valence electrons. The second kappa shape index (κ2) is 4.57. The molecule has 0 radical (unpaired) electrons. The smallest absolute Gasteiger partial charge is 0.000635 e. The Balaban J connectivity index is 1.82. The molecule has 1 heterocycles. The topological polar surface area (TPSA) is 0 Å². The molecule has 0 saturated heterocycles. The summed E-state index contributed by atoms with van der Waals surface area (Å²) < 4.78 is 0. The predicted octanol–water partition coefficient (Wildman–Crippen LogP) is 4.78. The Labute approximate surface area is 122 Å². The first-order valence-electron chi connectivity index (χ1n) is 7.40. The SMILES string of the molecule is Cc1ccc(C)c2c1CC1=C2CCP1c1ccccc1. The maximum Gasteiger partial charge on any atom is -0.000635 e. The molecule has 0 saturated carbocycles. The Morgan fingerprint density at radius 3 is 2.45 bits per heavy atom. The van der Waals surface area contributed by atoms with Crippen LogP contribution in [0.1, 0.15) is 28.7 Å². The van der Waals surface area contributed by atoms with Gasteiger partial charge in [-0.1, -0.05) is 42.5 Å². The van der Waals surface area contributed by atoms with Gasteiger partial charge < -0.3 is 0 Å². The van der Waals surface area contributed by atoms with Crippen LogP contribution in [0, 0.1) is 13.8 Å². The second-order valence-electron chi connectivity index (χ2n) is 5.89. The summed E-state index contributed by atoms with van der Waals surface area (Å²) >= 11 is 0. The Bertz CT molecular complexity index is 710. The highest BCUT2D eigenvalue weighted by Gasteiger charge is 2.34. The fraction of sp³-hybridized carbons (Fsp3) is 0.263. The van der Waals surface area contributed by atoms with E-state index in [1.165, 1.54) is 30.1 Å². The van der Waals surface area contributed by atoms with Gasteiger partial charge >= 0.3 is 0 Å². The molecule has 0 bridgehead atoms. The first-order valence-corrected chi connectivity index (χ1v) is 8.92. The Kier molecular flexibility index (Phi) is 2.82. The third kappa shape index (κ3) is 1.71. The van der Waals surface area contributed by atoms with E-state index in [1.54, 1.807) is 27.3 Å². The molecule has 1 atom stereocenters. The molecule has 2 aromatic carbocycles. The molecule has 0 N–H and O–H groups in total. The van der Waals surface area contributed by atoms with Crippen LogP contribution in [-0.4, -0.2) is 6.16 Å². The van der Waals surface area contributed by atoms with Crippen molar-refractivity contribution in [2.75, 3.05) is 6.16 Å². The van der Waals surface area contributed by atoms with Crippen LogP contribution in [0.3, 0.4) is 0 Å². The van der Waals surface area contributed by atoms with E-state index < -0.39 is 0 Å². The van der Waals surface area contributed by atoms with Gasteiger partial charge in [0.05, 0.1) is 0 Å². The molecule has 1 aliphatic heterocycles. The van der Waals surface area contributed by atoms with Crippen LogP contribution in [0.25, 0.3) is 5.57 Å². The fourth-order valence-electron chi connectivity index (χ4n) is 3.71. The van der Waals surface area contributed by atoms with Crippen LogP contribution in [0.2, 0.25) is 0 Å². The van der Waals surface area contributed by atoms with Crippen molar-refractivity contribution < 1.29 is 0 Å². The van der Waals surface area contributed by atoms with Gasteiger partial charge in [-0.25, -0.2) is 0 Å². The molecular formula is C19H19P. The average Bonchev–Trinajstić information content (AvgIpc) is 3.03. The minimum Gasteiger partial charge on any atom is -0.0622 e. The molecule has 1 heteroatoms. The number of hydrogen-bond donors (Lipinski definition) is 0. The lowest BCUT2D eigenvalue weighted by Crippen LogP contribution is -2.03. The number of hydrogen-bond acceptors (Lipinski definition) is 0. The number of rotatable bonds is 1. The first kappa shape index (κ1) is 12.4. The quantitative estimate of drug-likeness (QED) is 0.658. The molecule has 0 nitrogen and oxygen atoms in total. The van der Waals surface area contributed by atoms with E-state index in [-0.39, 0.29) is 7.92 Å². The van der Waals surface area contributed by atoms with Crippen molar-refractivity contribution in [2.45, 2.75) is 26.7 Å². The molecule has 0 amide bonds. The van der Waals surface area contributed by atoms with Crippen molar-refractivity contribution in [3.8, 4) is 0 Å². The average molecular weight is 278 g/mol. The second-order valence-corrected chi connectivity index (χ2v) is 8.25. The molecule has 4 rings (SSSR count). The maximum absolute atomic E-state index is 2.32. The molecule has 0 spiro atoms. The molecule has 20 heavy (non-hydrogen) atoms. The number of benzene rings is 2. The summed E-state index contributed by atoms with van der Waals surface area (Å²) in [6.07, 6.45) is 3.85. The van der Waals surface area contributed by atoms with Crippen molar-refractivity contribution in [2.24, 2.45) is 0 Å². The molecule has 0 fully saturated rings. The minimum atomic E-state index is -0.0721. The summed E-state index contributed by atoms with van der Waals surface area (Å²) in [6.45, 7) is 4.54. The van der Waals surface area contributed by atoms with Crippen LogP contribution in [0.4, 0.5) is 0 Å². The predicted molar refractivity (Wildman–Crippen MR) is 89.0 cm³/mol. The molecule has 2 aromatic rings. The Hall–Kier alpha value is -1.39. The summed E-state index contributed by atoms with van der Waals surface area (Å²) in [5.74, 6) is 0. The van der Waals surface area contributed by atoms with Gasteiger partial charge in [-0.2, -0.15) is 0 Å². The van der Waals surface area contributed by atoms with Gasteiger partial charge in [-0.3, -0.25) is 0 Å². The number of aryl methyl sites for hydroxylation is 2. The van der Waals surface area contributed by atoms with E-state index in [0.717, 1.165) is 0 Å². The van der Waals surface area contributed by atoms with Gasteiger partial charge in [-0.05, 0) is 79.2 Å². The van der Waals surface area contributed by atoms with Crippen LogP contribution in [0.5, 0.6) is 0 Å². The van der Waals surface area contributed by atoms with E-state index in [0.29, 0.717) is 0 Å². The largest absolute Gasteiger partial charge is 0.0622 e. The van der Waals surface area contributed by atoms with Gasteiger partial charge in [0.25, 0.3) is 0 Å². The monoisotopic (exact) mass is 278 g/mol. The Morgan fingerprint density at radius 2 is 1.65 bits per heavy atom. The third-order valence-corrected chi connectivity index (χ3v) is 7.40. The lowest BCUT2D eigenvalue weighted by Gasteiger charge is -2.16. The number of fused-ring (bicyclic) bond motifs is 2. The van der Waals surface area contributed by atoms with Crippen LogP contribution in [-0.2, 0) is 6.42 Å². The summed E-state index contributed by atoms with van der Waals surface area (Å²) in [6, 6.07) is 15.7. The zero-order chi connectivity index (χ0) is 13.7. The van der Waals surface area contributed by atoms with Gasteiger partial charge in [0, 0.05) is 0 Å². The third-order valence-electron chi connectivity index (χ3n) is 4.73. The molecule has 1 aliphatic carbocycles. The molecule has 1 unspecified atom stereocenters. The minimum absolute atomic E-state index is 0.0721. The van der Waals surface area contributed by atoms with Crippen LogP contribution in [0.15, 0.2) is 47.8 Å². The molecule has 0 aromatic heterocycles. The van der Waals surface area contributed by atoms with Crippen molar-refractivity contribution >= 4 is 18.8 Å². The van der Waals surface area contributed by atoms with Crippen molar-refractivity contribution in [3.63, 3.8) is 0 Å². The maximum atomic E-state index is 2.32. The molecule has 2 aliphatic rings. The first-order chi connectivity index (χ1) is 9.75.